The lowest BCUT2D eigenvalue weighted by atomic mass is 10.1. The number of nitrogens with zero attached hydrogens (tertiary/aromatic N) is 3. The molecule has 1 fully saturated rings. The third-order valence-corrected chi connectivity index (χ3v) is 3.28. The topological polar surface area (TPSA) is 67.1 Å². The minimum absolute atomic E-state index is 0.334. The standard InChI is InChI=1S/C12H21N5/c1-3-17-6-4-5-10(8-17)15-11-9(2)7-14-12(13)16-11/h7,10H,3-6,8H2,1-2H3,(H3,13,14,15,16). The zero-order chi connectivity index (χ0) is 12.3. The molecular weight excluding hydrogens is 214 g/mol. The summed E-state index contributed by atoms with van der Waals surface area (Å²) in [7, 11) is 0. The van der Waals surface area contributed by atoms with Gasteiger partial charge in [-0.05, 0) is 32.9 Å². The molecule has 0 aliphatic carbocycles. The number of nitrogens with two attached hydrogens (primary N) is 1. The second-order valence-electron chi connectivity index (χ2n) is 4.64. The van der Waals surface area contributed by atoms with Gasteiger partial charge in [-0.3, -0.25) is 0 Å². The monoisotopic (exact) mass is 235 g/mol. The second kappa shape index (κ2) is 5.31. The van der Waals surface area contributed by atoms with Crippen molar-refractivity contribution in [1.29, 1.82) is 0 Å². The number of piperidine rings is 1. The van der Waals surface area contributed by atoms with Gasteiger partial charge in [0.15, 0.2) is 0 Å². The molecule has 5 nitrogen and oxygen atoms in total. The predicted molar refractivity (Wildman–Crippen MR) is 69.9 cm³/mol. The maximum atomic E-state index is 5.61. The molecule has 0 spiro atoms. The van der Waals surface area contributed by atoms with Crippen LogP contribution in [0.15, 0.2) is 6.20 Å². The normalized spacial score (nSPS) is 21.4. The van der Waals surface area contributed by atoms with E-state index in [-0.39, 0.29) is 0 Å². The van der Waals surface area contributed by atoms with Crippen LogP contribution in [0, 0.1) is 6.92 Å². The molecule has 0 amide bonds. The summed E-state index contributed by atoms with van der Waals surface area (Å²) in [4.78, 5) is 10.7. The van der Waals surface area contributed by atoms with Gasteiger partial charge in [0.25, 0.3) is 0 Å². The van der Waals surface area contributed by atoms with Gasteiger partial charge in [-0.25, -0.2) is 4.98 Å². The first kappa shape index (κ1) is 12.1. The van der Waals surface area contributed by atoms with Crippen LogP contribution in [0.5, 0.6) is 0 Å². The molecule has 1 unspecified atom stereocenters. The van der Waals surface area contributed by atoms with E-state index in [1.807, 2.05) is 6.92 Å². The Kier molecular flexibility index (Phi) is 3.78. The van der Waals surface area contributed by atoms with E-state index in [1.54, 1.807) is 6.20 Å². The number of aromatic nitrogens is 2. The zero-order valence-corrected chi connectivity index (χ0v) is 10.6. The van der Waals surface area contributed by atoms with E-state index in [4.69, 9.17) is 5.73 Å². The fraction of sp³-hybridized carbons (Fsp3) is 0.667. The van der Waals surface area contributed by atoms with Crippen molar-refractivity contribution in [2.45, 2.75) is 32.7 Å². The maximum absolute atomic E-state index is 5.61. The van der Waals surface area contributed by atoms with Crippen molar-refractivity contribution in [2.24, 2.45) is 0 Å². The third kappa shape index (κ3) is 3.06. The van der Waals surface area contributed by atoms with Crippen molar-refractivity contribution < 1.29 is 0 Å². The quantitative estimate of drug-likeness (QED) is 0.825. The van der Waals surface area contributed by atoms with Crippen LogP contribution in [0.4, 0.5) is 11.8 Å². The highest BCUT2D eigenvalue weighted by Gasteiger charge is 2.19. The van der Waals surface area contributed by atoms with Crippen LogP contribution in [0.1, 0.15) is 25.3 Å². The third-order valence-electron chi connectivity index (χ3n) is 3.28. The molecule has 1 saturated heterocycles. The van der Waals surface area contributed by atoms with E-state index in [9.17, 15) is 0 Å². The average molecular weight is 235 g/mol. The Balaban J connectivity index is 2.02. The molecule has 0 bridgehead atoms. The Hall–Kier alpha value is -1.36. The number of nitrogens with one attached hydrogen (secondary N) is 1. The van der Waals surface area contributed by atoms with Gasteiger partial charge in [-0.2, -0.15) is 4.98 Å². The fourth-order valence-corrected chi connectivity index (χ4v) is 2.26. The SMILES string of the molecule is CCN1CCCC(Nc2nc(N)ncc2C)C1. The highest BCUT2D eigenvalue weighted by Crippen LogP contribution is 2.17. The molecule has 94 valence electrons. The number of hydrogen-bond donors (Lipinski definition) is 2. The van der Waals surface area contributed by atoms with Crippen molar-refractivity contribution in [3.8, 4) is 0 Å². The number of likely N-dealkylation sites (N-methyl/N-ethyl adjacent to an activating group) is 1. The number of anilines is 2. The molecule has 1 atom stereocenters. The van der Waals surface area contributed by atoms with E-state index in [2.05, 4.69) is 27.1 Å². The minimum Gasteiger partial charge on any atom is -0.368 e. The maximum Gasteiger partial charge on any atom is 0.221 e. The van der Waals surface area contributed by atoms with Crippen LogP contribution in [-0.2, 0) is 0 Å². The number of likely N-dealkylation sites (tertiary alicyclic amines) is 1. The van der Waals surface area contributed by atoms with Gasteiger partial charge in [0.2, 0.25) is 5.95 Å². The molecule has 2 rings (SSSR count). The summed E-state index contributed by atoms with van der Waals surface area (Å²) in [6.07, 6.45) is 4.20. The largest absolute Gasteiger partial charge is 0.368 e. The number of nitrogen functional groups attached to an aromatic ring is 1. The molecule has 0 aromatic carbocycles. The first-order valence-corrected chi connectivity index (χ1v) is 6.27. The molecule has 17 heavy (non-hydrogen) atoms. The number of hydrogen-bond acceptors (Lipinski definition) is 5. The lowest BCUT2D eigenvalue weighted by molar-refractivity contribution is 0.226. The van der Waals surface area contributed by atoms with Crippen molar-refractivity contribution in [1.82, 2.24) is 14.9 Å². The molecular formula is C12H21N5. The Bertz CT molecular complexity index is 379. The molecule has 3 N–H and O–H groups in total. The van der Waals surface area contributed by atoms with Crippen LogP contribution in [-0.4, -0.2) is 40.5 Å². The van der Waals surface area contributed by atoms with Crippen molar-refractivity contribution in [3.63, 3.8) is 0 Å². The van der Waals surface area contributed by atoms with Crippen LogP contribution in [0.25, 0.3) is 0 Å². The second-order valence-corrected chi connectivity index (χ2v) is 4.64. The van der Waals surface area contributed by atoms with Gasteiger partial charge in [-0.1, -0.05) is 6.92 Å². The summed E-state index contributed by atoms with van der Waals surface area (Å²) in [5.74, 6) is 1.21. The highest BCUT2D eigenvalue weighted by atomic mass is 15.2. The molecule has 5 heteroatoms. The van der Waals surface area contributed by atoms with Gasteiger partial charge in [0, 0.05) is 24.3 Å². The molecule has 2 heterocycles. The predicted octanol–water partition coefficient (Wildman–Crippen LogP) is 1.26. The summed E-state index contributed by atoms with van der Waals surface area (Å²) in [6.45, 7) is 7.61. The summed E-state index contributed by atoms with van der Waals surface area (Å²) in [6, 6.07) is 0.469. The Labute approximate surface area is 102 Å². The summed E-state index contributed by atoms with van der Waals surface area (Å²) >= 11 is 0. The first-order chi connectivity index (χ1) is 8.19. The van der Waals surface area contributed by atoms with Gasteiger partial charge >= 0.3 is 0 Å². The summed E-state index contributed by atoms with van der Waals surface area (Å²) in [5, 5.41) is 3.48. The van der Waals surface area contributed by atoms with Crippen LogP contribution in [0.3, 0.4) is 0 Å². The molecule has 1 aliphatic rings. The van der Waals surface area contributed by atoms with E-state index in [1.165, 1.54) is 19.4 Å². The molecule has 1 aliphatic heterocycles. The molecule has 1 aromatic rings. The zero-order valence-electron chi connectivity index (χ0n) is 10.6. The van der Waals surface area contributed by atoms with Crippen molar-refractivity contribution in [2.75, 3.05) is 30.7 Å². The Morgan fingerprint density at radius 3 is 3.18 bits per heavy atom. The van der Waals surface area contributed by atoms with Gasteiger partial charge in [0.1, 0.15) is 5.82 Å². The van der Waals surface area contributed by atoms with Crippen LogP contribution in [0.2, 0.25) is 0 Å². The minimum atomic E-state index is 0.334. The molecule has 0 saturated carbocycles. The lowest BCUT2D eigenvalue weighted by Crippen LogP contribution is -2.42. The summed E-state index contributed by atoms with van der Waals surface area (Å²) < 4.78 is 0. The van der Waals surface area contributed by atoms with E-state index in [0.717, 1.165) is 24.5 Å². The summed E-state index contributed by atoms with van der Waals surface area (Å²) in [5.41, 5.74) is 6.66. The van der Waals surface area contributed by atoms with E-state index >= 15 is 0 Å². The van der Waals surface area contributed by atoms with Gasteiger partial charge in [0.05, 0.1) is 0 Å². The Morgan fingerprint density at radius 1 is 1.59 bits per heavy atom. The first-order valence-electron chi connectivity index (χ1n) is 6.27. The van der Waals surface area contributed by atoms with Gasteiger partial charge < -0.3 is 16.0 Å². The van der Waals surface area contributed by atoms with Crippen LogP contribution >= 0.6 is 0 Å². The van der Waals surface area contributed by atoms with Gasteiger partial charge in [-0.15, -0.1) is 0 Å². The molecule has 0 radical (unpaired) electrons. The Morgan fingerprint density at radius 2 is 2.41 bits per heavy atom. The van der Waals surface area contributed by atoms with E-state index < -0.39 is 0 Å². The van der Waals surface area contributed by atoms with Crippen molar-refractivity contribution >= 4 is 11.8 Å². The highest BCUT2D eigenvalue weighted by molar-refractivity contribution is 5.45. The fourth-order valence-electron chi connectivity index (χ4n) is 2.26. The average Bonchev–Trinajstić information content (AvgIpc) is 2.34. The van der Waals surface area contributed by atoms with Crippen molar-refractivity contribution in [3.05, 3.63) is 11.8 Å². The van der Waals surface area contributed by atoms with E-state index in [0.29, 0.717) is 12.0 Å². The molecule has 1 aromatic heterocycles. The van der Waals surface area contributed by atoms with Crippen LogP contribution < -0.4 is 11.1 Å². The smallest absolute Gasteiger partial charge is 0.221 e. The number of aryl methyl sites for hydroxylation is 1. The number of rotatable bonds is 3. The lowest BCUT2D eigenvalue weighted by Gasteiger charge is -2.32.